The second-order valence-corrected chi connectivity index (χ2v) is 7.61. The van der Waals surface area contributed by atoms with Gasteiger partial charge in [0.1, 0.15) is 0 Å². The Kier molecular flexibility index (Phi) is 3.85. The van der Waals surface area contributed by atoms with Crippen molar-refractivity contribution in [2.75, 3.05) is 5.43 Å². The minimum absolute atomic E-state index is 0.0345. The van der Waals surface area contributed by atoms with Gasteiger partial charge < -0.3 is 5.43 Å². The maximum absolute atomic E-state index is 12.2. The molecule has 2 rings (SSSR count). The molecule has 4 N–H and O–H groups in total. The van der Waals surface area contributed by atoms with Crippen molar-refractivity contribution in [3.63, 3.8) is 0 Å². The van der Waals surface area contributed by atoms with Crippen LogP contribution in [0.25, 0.3) is 0 Å². The van der Waals surface area contributed by atoms with E-state index in [0.29, 0.717) is 5.69 Å². The minimum Gasteiger partial charge on any atom is -0.324 e. The number of nitrogen functional groups attached to an aromatic ring is 1. The zero-order valence-corrected chi connectivity index (χ0v) is 12.1. The van der Waals surface area contributed by atoms with Crippen molar-refractivity contribution in [1.29, 1.82) is 0 Å². The molecule has 6 heteroatoms. The number of nitrogens with one attached hydrogen (secondary N) is 2. The summed E-state index contributed by atoms with van der Waals surface area (Å²) in [5, 5.41) is 0. The highest BCUT2D eigenvalue weighted by molar-refractivity contribution is 7.89. The molecule has 19 heavy (non-hydrogen) atoms. The van der Waals surface area contributed by atoms with Crippen molar-refractivity contribution in [2.45, 2.75) is 44.0 Å². The first kappa shape index (κ1) is 14.3. The van der Waals surface area contributed by atoms with Crippen LogP contribution in [0.5, 0.6) is 0 Å². The molecule has 1 fully saturated rings. The molecule has 5 nitrogen and oxygen atoms in total. The summed E-state index contributed by atoms with van der Waals surface area (Å²) in [6, 6.07) is 6.43. The Morgan fingerprint density at radius 3 is 2.37 bits per heavy atom. The second kappa shape index (κ2) is 5.11. The fraction of sp³-hybridized carbons (Fsp3) is 0.538. The number of hydrogen-bond acceptors (Lipinski definition) is 4. The lowest BCUT2D eigenvalue weighted by atomic mass is 9.92. The average Bonchev–Trinajstić information content (AvgIpc) is 2.68. The van der Waals surface area contributed by atoms with Crippen molar-refractivity contribution >= 4 is 15.7 Å². The molecule has 1 aromatic carbocycles. The van der Waals surface area contributed by atoms with E-state index >= 15 is 0 Å². The molecule has 1 unspecified atom stereocenters. The number of benzene rings is 1. The summed E-state index contributed by atoms with van der Waals surface area (Å²) in [4.78, 5) is 0.274. The van der Waals surface area contributed by atoms with Crippen LogP contribution >= 0.6 is 0 Å². The van der Waals surface area contributed by atoms with Crippen molar-refractivity contribution in [1.82, 2.24) is 4.72 Å². The highest BCUT2D eigenvalue weighted by Crippen LogP contribution is 2.37. The van der Waals surface area contributed by atoms with Gasteiger partial charge in [0.25, 0.3) is 0 Å². The molecule has 0 spiro atoms. The topological polar surface area (TPSA) is 84.2 Å². The van der Waals surface area contributed by atoms with E-state index in [1.165, 1.54) is 0 Å². The molecule has 1 atom stereocenters. The van der Waals surface area contributed by atoms with Crippen LogP contribution in [0, 0.1) is 5.41 Å². The van der Waals surface area contributed by atoms with Crippen molar-refractivity contribution in [3.8, 4) is 0 Å². The molecule has 1 aliphatic carbocycles. The largest absolute Gasteiger partial charge is 0.324 e. The SMILES string of the molecule is CC1(C)CCC(NS(=O)(=O)c2ccc(NN)cc2)C1. The molecule has 0 heterocycles. The normalized spacial score (nSPS) is 22.4. The number of hydrogen-bond donors (Lipinski definition) is 3. The van der Waals surface area contributed by atoms with E-state index in [1.807, 2.05) is 0 Å². The van der Waals surface area contributed by atoms with Crippen molar-refractivity contribution in [3.05, 3.63) is 24.3 Å². The molecule has 0 amide bonds. The molecule has 0 aromatic heterocycles. The molecule has 106 valence electrons. The highest BCUT2D eigenvalue weighted by Gasteiger charge is 2.33. The fourth-order valence-corrected chi connectivity index (χ4v) is 3.82. The molecule has 0 aliphatic heterocycles. The zero-order valence-electron chi connectivity index (χ0n) is 11.3. The molecule has 0 bridgehead atoms. The molecule has 0 radical (unpaired) electrons. The van der Waals surface area contributed by atoms with Crippen molar-refractivity contribution in [2.24, 2.45) is 11.3 Å². The van der Waals surface area contributed by atoms with Crippen LogP contribution < -0.4 is 16.0 Å². The van der Waals surface area contributed by atoms with Crippen LogP contribution in [0.15, 0.2) is 29.2 Å². The van der Waals surface area contributed by atoms with Crippen LogP contribution in [0.2, 0.25) is 0 Å². The third-order valence-corrected chi connectivity index (χ3v) is 5.16. The molecule has 1 saturated carbocycles. The number of sulfonamides is 1. The van der Waals surface area contributed by atoms with Gasteiger partial charge in [-0.05, 0) is 48.9 Å². The lowest BCUT2D eigenvalue weighted by molar-refractivity contribution is 0.372. The van der Waals surface area contributed by atoms with E-state index in [-0.39, 0.29) is 16.4 Å². The van der Waals surface area contributed by atoms with Crippen LogP contribution in [0.4, 0.5) is 5.69 Å². The van der Waals surface area contributed by atoms with Gasteiger partial charge in [-0.3, -0.25) is 5.84 Å². The Hall–Kier alpha value is -1.11. The Morgan fingerprint density at radius 2 is 1.89 bits per heavy atom. The highest BCUT2D eigenvalue weighted by atomic mass is 32.2. The smallest absolute Gasteiger partial charge is 0.240 e. The summed E-state index contributed by atoms with van der Waals surface area (Å²) in [6.07, 6.45) is 2.83. The van der Waals surface area contributed by atoms with E-state index in [4.69, 9.17) is 5.84 Å². The summed E-state index contributed by atoms with van der Waals surface area (Å²) < 4.78 is 27.3. The van der Waals surface area contributed by atoms with Gasteiger partial charge >= 0.3 is 0 Å². The van der Waals surface area contributed by atoms with Gasteiger partial charge in [0.15, 0.2) is 0 Å². The van der Waals surface area contributed by atoms with E-state index in [9.17, 15) is 8.42 Å². The molecule has 1 aromatic rings. The van der Waals surface area contributed by atoms with Gasteiger partial charge in [0.05, 0.1) is 4.90 Å². The first-order valence-electron chi connectivity index (χ1n) is 6.41. The van der Waals surface area contributed by atoms with E-state index in [0.717, 1.165) is 19.3 Å². The van der Waals surface area contributed by atoms with E-state index in [1.54, 1.807) is 24.3 Å². The van der Waals surface area contributed by atoms with Crippen LogP contribution in [-0.4, -0.2) is 14.5 Å². The summed E-state index contributed by atoms with van der Waals surface area (Å²) in [5.41, 5.74) is 3.38. The lowest BCUT2D eigenvalue weighted by Gasteiger charge is -2.18. The van der Waals surface area contributed by atoms with Crippen molar-refractivity contribution < 1.29 is 8.42 Å². The van der Waals surface area contributed by atoms with Crippen LogP contribution in [0.3, 0.4) is 0 Å². The van der Waals surface area contributed by atoms with Crippen LogP contribution in [0.1, 0.15) is 33.1 Å². The van der Waals surface area contributed by atoms with Gasteiger partial charge in [-0.15, -0.1) is 0 Å². The van der Waals surface area contributed by atoms with E-state index in [2.05, 4.69) is 24.0 Å². The standard InChI is InChI=1S/C13H21N3O2S/c1-13(2)8-7-11(9-13)16-19(17,18)12-5-3-10(15-14)4-6-12/h3-6,11,15-16H,7-9,14H2,1-2H3. The predicted molar refractivity (Wildman–Crippen MR) is 76.0 cm³/mol. The molecule has 0 saturated heterocycles. The summed E-state index contributed by atoms with van der Waals surface area (Å²) in [7, 11) is -3.44. The quantitative estimate of drug-likeness (QED) is 0.581. The summed E-state index contributed by atoms with van der Waals surface area (Å²) >= 11 is 0. The molecular weight excluding hydrogens is 262 g/mol. The fourth-order valence-electron chi connectivity index (χ4n) is 2.55. The first-order chi connectivity index (χ1) is 8.82. The molecular formula is C13H21N3O2S. The lowest BCUT2D eigenvalue weighted by Crippen LogP contribution is -2.33. The number of nitrogens with two attached hydrogens (primary N) is 1. The molecule has 1 aliphatic rings. The minimum atomic E-state index is -3.44. The Labute approximate surface area is 114 Å². The van der Waals surface area contributed by atoms with Gasteiger partial charge in [-0.2, -0.15) is 0 Å². The number of hydrazine groups is 1. The van der Waals surface area contributed by atoms with Gasteiger partial charge in [-0.1, -0.05) is 13.8 Å². The summed E-state index contributed by atoms with van der Waals surface area (Å²) in [5.74, 6) is 5.26. The van der Waals surface area contributed by atoms with Gasteiger partial charge in [0.2, 0.25) is 10.0 Å². The monoisotopic (exact) mass is 283 g/mol. The Morgan fingerprint density at radius 1 is 1.26 bits per heavy atom. The van der Waals surface area contributed by atoms with E-state index < -0.39 is 10.0 Å². The van der Waals surface area contributed by atoms with Crippen LogP contribution in [-0.2, 0) is 10.0 Å². The van der Waals surface area contributed by atoms with Gasteiger partial charge in [-0.25, -0.2) is 13.1 Å². The summed E-state index contributed by atoms with van der Waals surface area (Å²) in [6.45, 7) is 4.34. The third kappa shape index (κ3) is 3.46. The number of anilines is 1. The average molecular weight is 283 g/mol. The maximum atomic E-state index is 12.2. The number of rotatable bonds is 4. The third-order valence-electron chi connectivity index (χ3n) is 3.62. The predicted octanol–water partition coefficient (Wildman–Crippen LogP) is 1.83. The maximum Gasteiger partial charge on any atom is 0.240 e. The zero-order chi connectivity index (χ0) is 14.1. The Bertz CT molecular complexity index is 538. The Balaban J connectivity index is 2.10. The first-order valence-corrected chi connectivity index (χ1v) is 7.90. The van der Waals surface area contributed by atoms with Gasteiger partial charge in [0, 0.05) is 11.7 Å². The second-order valence-electron chi connectivity index (χ2n) is 5.89.